The molecule has 5 nitrogen and oxygen atoms in total. The van der Waals surface area contributed by atoms with Gasteiger partial charge in [0.25, 0.3) is 0 Å². The lowest BCUT2D eigenvalue weighted by Crippen LogP contribution is -2.52. The van der Waals surface area contributed by atoms with E-state index in [4.69, 9.17) is 15.2 Å². The van der Waals surface area contributed by atoms with Crippen molar-refractivity contribution < 1.29 is 14.3 Å². The van der Waals surface area contributed by atoms with E-state index in [1.54, 1.807) is 12.0 Å². The number of methoxy groups -OCH3 is 1. The van der Waals surface area contributed by atoms with Crippen LogP contribution >= 0.6 is 0 Å². The zero-order chi connectivity index (χ0) is 14.4. The van der Waals surface area contributed by atoms with E-state index in [9.17, 15) is 4.79 Å². The van der Waals surface area contributed by atoms with Gasteiger partial charge >= 0.3 is 0 Å². The summed E-state index contributed by atoms with van der Waals surface area (Å²) in [5.41, 5.74) is 7.11. The predicted molar refractivity (Wildman–Crippen MR) is 76.3 cm³/mol. The number of benzene rings is 1. The van der Waals surface area contributed by atoms with Crippen LogP contribution in [0.25, 0.3) is 0 Å². The number of rotatable bonds is 5. The third-order valence-corrected chi connectivity index (χ3v) is 3.42. The number of nitrogens with zero attached hydrogens (tertiary/aromatic N) is 1. The monoisotopic (exact) mass is 278 g/mol. The van der Waals surface area contributed by atoms with Crippen LogP contribution < -0.4 is 5.73 Å². The van der Waals surface area contributed by atoms with E-state index in [1.165, 1.54) is 0 Å². The van der Waals surface area contributed by atoms with Crippen molar-refractivity contribution in [1.82, 2.24) is 4.90 Å². The van der Waals surface area contributed by atoms with Crippen LogP contribution in [-0.2, 0) is 20.7 Å². The summed E-state index contributed by atoms with van der Waals surface area (Å²) in [4.78, 5) is 14.1. The lowest BCUT2D eigenvalue weighted by Gasteiger charge is -2.34. The topological polar surface area (TPSA) is 64.8 Å². The van der Waals surface area contributed by atoms with Gasteiger partial charge in [-0.25, -0.2) is 0 Å². The fourth-order valence-corrected chi connectivity index (χ4v) is 2.40. The standard InChI is InChI=1S/C15H22N2O3/c1-19-11-13-10-17(7-8-20-13)15(18)14(16)9-12-5-3-2-4-6-12/h2-6,13-14H,7-11,16H2,1H3/t13?,14-/m0/s1. The summed E-state index contributed by atoms with van der Waals surface area (Å²) in [5, 5.41) is 0. The van der Waals surface area contributed by atoms with Crippen LogP contribution in [0.2, 0.25) is 0 Å². The maximum atomic E-state index is 12.4. The molecule has 0 aliphatic carbocycles. The zero-order valence-electron chi connectivity index (χ0n) is 11.8. The minimum absolute atomic E-state index is 0.0155. The van der Waals surface area contributed by atoms with E-state index in [2.05, 4.69) is 0 Å². The van der Waals surface area contributed by atoms with Crippen LogP contribution in [0.3, 0.4) is 0 Å². The second kappa shape index (κ2) is 7.38. The molecule has 110 valence electrons. The highest BCUT2D eigenvalue weighted by Gasteiger charge is 2.27. The lowest BCUT2D eigenvalue weighted by molar-refractivity contribution is -0.142. The van der Waals surface area contributed by atoms with Crippen molar-refractivity contribution >= 4 is 5.91 Å². The second-order valence-electron chi connectivity index (χ2n) is 5.03. The Balaban J connectivity index is 1.89. The van der Waals surface area contributed by atoms with Crippen LogP contribution in [0.1, 0.15) is 5.56 Å². The molecule has 1 unspecified atom stereocenters. The largest absolute Gasteiger partial charge is 0.382 e. The normalized spacial score (nSPS) is 20.7. The molecule has 1 amide bonds. The highest BCUT2D eigenvalue weighted by Crippen LogP contribution is 2.09. The molecule has 0 bridgehead atoms. The number of carbonyl (C=O) groups is 1. The summed E-state index contributed by atoms with van der Waals surface area (Å²) in [6, 6.07) is 9.33. The molecule has 1 aromatic carbocycles. The van der Waals surface area contributed by atoms with E-state index < -0.39 is 6.04 Å². The predicted octanol–water partition coefficient (Wildman–Crippen LogP) is 0.430. The van der Waals surface area contributed by atoms with Crippen LogP contribution in [0.5, 0.6) is 0 Å². The van der Waals surface area contributed by atoms with Gasteiger partial charge in [0.05, 0.1) is 25.4 Å². The molecule has 1 heterocycles. The molecule has 0 saturated carbocycles. The van der Waals surface area contributed by atoms with Crippen molar-refractivity contribution in [2.45, 2.75) is 18.6 Å². The number of morpholine rings is 1. The zero-order valence-corrected chi connectivity index (χ0v) is 11.8. The summed E-state index contributed by atoms with van der Waals surface area (Å²) in [6.45, 7) is 2.19. The van der Waals surface area contributed by atoms with Crippen molar-refractivity contribution in [3.8, 4) is 0 Å². The lowest BCUT2D eigenvalue weighted by atomic mass is 10.1. The second-order valence-corrected chi connectivity index (χ2v) is 5.03. The Labute approximate surface area is 119 Å². The Morgan fingerprint density at radius 3 is 2.95 bits per heavy atom. The minimum atomic E-state index is -0.501. The van der Waals surface area contributed by atoms with Gasteiger partial charge in [-0.2, -0.15) is 0 Å². The van der Waals surface area contributed by atoms with Crippen molar-refractivity contribution in [2.24, 2.45) is 5.73 Å². The number of carbonyl (C=O) groups excluding carboxylic acids is 1. The van der Waals surface area contributed by atoms with Crippen molar-refractivity contribution in [1.29, 1.82) is 0 Å². The molecule has 1 aliphatic heterocycles. The number of nitrogens with two attached hydrogens (primary N) is 1. The van der Waals surface area contributed by atoms with E-state index in [0.717, 1.165) is 5.56 Å². The first-order chi connectivity index (χ1) is 9.70. The van der Waals surface area contributed by atoms with Gasteiger partial charge in [-0.05, 0) is 12.0 Å². The van der Waals surface area contributed by atoms with Crippen LogP contribution in [0.15, 0.2) is 30.3 Å². The van der Waals surface area contributed by atoms with E-state index >= 15 is 0 Å². The molecular formula is C15H22N2O3. The molecule has 2 rings (SSSR count). The number of hydrogen-bond donors (Lipinski definition) is 1. The molecule has 0 aromatic heterocycles. The highest BCUT2D eigenvalue weighted by molar-refractivity contribution is 5.82. The van der Waals surface area contributed by atoms with Crippen molar-refractivity contribution in [3.05, 3.63) is 35.9 Å². The quantitative estimate of drug-likeness (QED) is 0.848. The molecule has 1 aliphatic rings. The fraction of sp³-hybridized carbons (Fsp3) is 0.533. The van der Waals surface area contributed by atoms with Gasteiger partial charge in [0.15, 0.2) is 0 Å². The van der Waals surface area contributed by atoms with Gasteiger partial charge in [-0.1, -0.05) is 30.3 Å². The van der Waals surface area contributed by atoms with E-state index in [0.29, 0.717) is 32.7 Å². The fourth-order valence-electron chi connectivity index (χ4n) is 2.40. The smallest absolute Gasteiger partial charge is 0.239 e. The Morgan fingerprint density at radius 1 is 1.50 bits per heavy atom. The first-order valence-corrected chi connectivity index (χ1v) is 6.89. The van der Waals surface area contributed by atoms with Gasteiger partial charge < -0.3 is 20.1 Å². The number of ether oxygens (including phenoxy) is 2. The summed E-state index contributed by atoms with van der Waals surface area (Å²) in [7, 11) is 1.63. The van der Waals surface area contributed by atoms with E-state index in [-0.39, 0.29) is 12.0 Å². The Morgan fingerprint density at radius 2 is 2.25 bits per heavy atom. The molecule has 0 spiro atoms. The molecule has 0 radical (unpaired) electrons. The number of hydrogen-bond acceptors (Lipinski definition) is 4. The van der Waals surface area contributed by atoms with Crippen LogP contribution in [-0.4, -0.2) is 56.4 Å². The summed E-state index contributed by atoms with van der Waals surface area (Å²) in [5.74, 6) is -0.0155. The van der Waals surface area contributed by atoms with Gasteiger partial charge in [-0.15, -0.1) is 0 Å². The SMILES string of the molecule is COCC1CN(C(=O)[C@@H](N)Cc2ccccc2)CCO1. The molecule has 5 heteroatoms. The van der Waals surface area contributed by atoms with Crippen LogP contribution in [0.4, 0.5) is 0 Å². The summed E-state index contributed by atoms with van der Waals surface area (Å²) in [6.07, 6.45) is 0.507. The van der Waals surface area contributed by atoms with Crippen LogP contribution in [0, 0.1) is 0 Å². The summed E-state index contributed by atoms with van der Waals surface area (Å²) >= 11 is 0. The molecular weight excluding hydrogens is 256 g/mol. The number of amides is 1. The van der Waals surface area contributed by atoms with E-state index in [1.807, 2.05) is 30.3 Å². The maximum absolute atomic E-state index is 12.4. The minimum Gasteiger partial charge on any atom is -0.382 e. The first-order valence-electron chi connectivity index (χ1n) is 6.89. The molecule has 1 aromatic rings. The van der Waals surface area contributed by atoms with Crippen molar-refractivity contribution in [2.75, 3.05) is 33.4 Å². The Hall–Kier alpha value is -1.43. The maximum Gasteiger partial charge on any atom is 0.239 e. The van der Waals surface area contributed by atoms with Gasteiger partial charge in [0.1, 0.15) is 0 Å². The average molecular weight is 278 g/mol. The first kappa shape index (κ1) is 15.0. The van der Waals surface area contributed by atoms with Gasteiger partial charge in [-0.3, -0.25) is 4.79 Å². The molecule has 2 atom stereocenters. The summed E-state index contributed by atoms with van der Waals surface area (Å²) < 4.78 is 10.6. The highest BCUT2D eigenvalue weighted by atomic mass is 16.5. The third-order valence-electron chi connectivity index (χ3n) is 3.42. The molecule has 1 saturated heterocycles. The van der Waals surface area contributed by atoms with Crippen molar-refractivity contribution in [3.63, 3.8) is 0 Å². The Bertz CT molecular complexity index is 422. The molecule has 20 heavy (non-hydrogen) atoms. The van der Waals surface area contributed by atoms with Gasteiger partial charge in [0, 0.05) is 20.2 Å². The Kier molecular flexibility index (Phi) is 5.52. The van der Waals surface area contributed by atoms with Gasteiger partial charge in [0.2, 0.25) is 5.91 Å². The third kappa shape index (κ3) is 4.03. The average Bonchev–Trinajstić information content (AvgIpc) is 2.48. The molecule has 1 fully saturated rings. The molecule has 2 N–H and O–H groups in total.